The van der Waals surface area contributed by atoms with Crippen LogP contribution in [0.3, 0.4) is 0 Å². The van der Waals surface area contributed by atoms with Gasteiger partial charge in [-0.25, -0.2) is 8.78 Å². The van der Waals surface area contributed by atoms with Crippen LogP contribution >= 0.6 is 0 Å². The van der Waals surface area contributed by atoms with Crippen LogP contribution in [-0.2, 0) is 14.3 Å². The Morgan fingerprint density at radius 3 is 2.46 bits per heavy atom. The summed E-state index contributed by atoms with van der Waals surface area (Å²) < 4.78 is 31.2. The van der Waals surface area contributed by atoms with E-state index in [0.717, 1.165) is 17.7 Å². The Hall–Kier alpha value is -3.29. The molecule has 2 N–H and O–H groups in total. The molecule has 2 aromatic rings. The highest BCUT2D eigenvalue weighted by Crippen LogP contribution is 2.11. The van der Waals surface area contributed by atoms with Gasteiger partial charge in [0.25, 0.3) is 11.8 Å². The maximum absolute atomic E-state index is 13.5. The van der Waals surface area contributed by atoms with E-state index in [1.54, 1.807) is 6.92 Å². The summed E-state index contributed by atoms with van der Waals surface area (Å²) in [6.45, 7) is 1.24. The van der Waals surface area contributed by atoms with Crippen LogP contribution in [0.5, 0.6) is 0 Å². The molecule has 1 atom stereocenters. The van der Waals surface area contributed by atoms with Crippen molar-refractivity contribution in [2.24, 2.45) is 0 Å². The van der Waals surface area contributed by atoms with Gasteiger partial charge in [0.05, 0.1) is 18.0 Å². The molecule has 0 aliphatic heterocycles. The van der Waals surface area contributed by atoms with E-state index in [9.17, 15) is 23.2 Å². The summed E-state index contributed by atoms with van der Waals surface area (Å²) in [6, 6.07) is 11.6. The van der Waals surface area contributed by atoms with Gasteiger partial charge < -0.3 is 15.4 Å². The van der Waals surface area contributed by atoms with Crippen molar-refractivity contribution in [1.82, 2.24) is 10.6 Å². The van der Waals surface area contributed by atoms with Crippen LogP contribution in [0, 0.1) is 11.6 Å². The number of hydrogen-bond donors (Lipinski definition) is 2. The van der Waals surface area contributed by atoms with Crippen molar-refractivity contribution in [2.45, 2.75) is 19.4 Å². The van der Waals surface area contributed by atoms with Crippen molar-refractivity contribution in [3.63, 3.8) is 0 Å². The molecule has 0 bridgehead atoms. The Kier molecular flexibility index (Phi) is 7.62. The summed E-state index contributed by atoms with van der Waals surface area (Å²) >= 11 is 0. The first-order valence-corrected chi connectivity index (χ1v) is 8.60. The molecule has 8 heteroatoms. The fourth-order valence-corrected chi connectivity index (χ4v) is 2.37. The normalized spacial score (nSPS) is 11.4. The molecule has 0 saturated carbocycles. The van der Waals surface area contributed by atoms with Gasteiger partial charge in [0.2, 0.25) is 0 Å². The van der Waals surface area contributed by atoms with E-state index in [0.29, 0.717) is 6.07 Å². The number of rotatable bonds is 8. The van der Waals surface area contributed by atoms with E-state index in [2.05, 4.69) is 10.6 Å². The first kappa shape index (κ1) is 21.0. The predicted molar refractivity (Wildman–Crippen MR) is 97.3 cm³/mol. The lowest BCUT2D eigenvalue weighted by atomic mass is 10.1. The van der Waals surface area contributed by atoms with Crippen molar-refractivity contribution in [3.05, 3.63) is 71.3 Å². The first-order valence-electron chi connectivity index (χ1n) is 8.60. The monoisotopic (exact) mass is 390 g/mol. The lowest BCUT2D eigenvalue weighted by molar-refractivity contribution is -0.148. The zero-order valence-electron chi connectivity index (χ0n) is 15.2. The fraction of sp³-hybridized carbons (Fsp3) is 0.250. The van der Waals surface area contributed by atoms with E-state index in [1.165, 1.54) is 0 Å². The van der Waals surface area contributed by atoms with Gasteiger partial charge in [-0.15, -0.1) is 0 Å². The summed E-state index contributed by atoms with van der Waals surface area (Å²) in [5, 5.41) is 5.03. The molecule has 6 nitrogen and oxygen atoms in total. The maximum Gasteiger partial charge on any atom is 0.308 e. The van der Waals surface area contributed by atoms with E-state index in [4.69, 9.17) is 4.74 Å². The van der Waals surface area contributed by atoms with Crippen LogP contribution in [0.4, 0.5) is 8.78 Å². The number of nitrogens with one attached hydrogen (secondary N) is 2. The Morgan fingerprint density at radius 2 is 1.79 bits per heavy atom. The Morgan fingerprint density at radius 1 is 1.07 bits per heavy atom. The molecule has 2 rings (SSSR count). The summed E-state index contributed by atoms with van der Waals surface area (Å²) in [4.78, 5) is 35.3. The van der Waals surface area contributed by atoms with E-state index < -0.39 is 36.0 Å². The molecule has 2 amide bonds. The van der Waals surface area contributed by atoms with Gasteiger partial charge >= 0.3 is 5.97 Å². The van der Waals surface area contributed by atoms with Crippen molar-refractivity contribution < 1.29 is 27.9 Å². The maximum atomic E-state index is 13.5. The minimum Gasteiger partial charge on any atom is -0.456 e. The van der Waals surface area contributed by atoms with Gasteiger partial charge in [-0.05, 0) is 24.6 Å². The Labute approximate surface area is 160 Å². The summed E-state index contributed by atoms with van der Waals surface area (Å²) in [5.74, 6) is -3.72. The number of carbonyl (C=O) groups excluding carboxylic acids is 3. The third-order valence-electron chi connectivity index (χ3n) is 3.83. The number of ether oxygens (including phenoxy) is 1. The second kappa shape index (κ2) is 10.1. The number of carbonyl (C=O) groups is 3. The fourth-order valence-electron chi connectivity index (χ4n) is 2.37. The largest absolute Gasteiger partial charge is 0.456 e. The van der Waals surface area contributed by atoms with E-state index >= 15 is 0 Å². The molecule has 28 heavy (non-hydrogen) atoms. The third-order valence-corrected chi connectivity index (χ3v) is 3.83. The van der Waals surface area contributed by atoms with E-state index in [-0.39, 0.29) is 24.6 Å². The topological polar surface area (TPSA) is 84.5 Å². The number of hydrogen-bond acceptors (Lipinski definition) is 4. The van der Waals surface area contributed by atoms with E-state index in [1.807, 2.05) is 30.3 Å². The van der Waals surface area contributed by atoms with Crippen molar-refractivity contribution in [3.8, 4) is 0 Å². The zero-order valence-corrected chi connectivity index (χ0v) is 15.2. The average Bonchev–Trinajstić information content (AvgIpc) is 2.67. The van der Waals surface area contributed by atoms with Crippen LogP contribution in [0.25, 0.3) is 0 Å². The first-order chi connectivity index (χ1) is 13.4. The second-order valence-corrected chi connectivity index (χ2v) is 5.99. The summed E-state index contributed by atoms with van der Waals surface area (Å²) in [5.41, 5.74) is 0.585. The van der Waals surface area contributed by atoms with Gasteiger partial charge in [-0.1, -0.05) is 30.3 Å². The molecular weight excluding hydrogens is 370 g/mol. The van der Waals surface area contributed by atoms with Gasteiger partial charge in [0.1, 0.15) is 11.6 Å². The SMILES string of the molecule is CC(NC(=O)COC(=O)CCNC(=O)c1ccc(F)cc1F)c1ccccc1. The van der Waals surface area contributed by atoms with Crippen molar-refractivity contribution in [2.75, 3.05) is 13.2 Å². The molecule has 1 unspecified atom stereocenters. The molecule has 0 aromatic heterocycles. The molecular formula is C20H20F2N2O4. The van der Waals surface area contributed by atoms with Crippen LogP contribution in [0.1, 0.15) is 35.3 Å². The molecule has 0 fully saturated rings. The lowest BCUT2D eigenvalue weighted by Crippen LogP contribution is -2.32. The highest BCUT2D eigenvalue weighted by atomic mass is 19.1. The minimum atomic E-state index is -0.996. The predicted octanol–water partition coefficient (Wildman–Crippen LogP) is 2.51. The second-order valence-electron chi connectivity index (χ2n) is 5.99. The van der Waals surface area contributed by atoms with Gasteiger partial charge in [0.15, 0.2) is 6.61 Å². The van der Waals surface area contributed by atoms with Crippen LogP contribution in [-0.4, -0.2) is 30.9 Å². The Balaban J connectivity index is 1.68. The molecule has 2 aromatic carbocycles. The smallest absolute Gasteiger partial charge is 0.308 e. The number of amides is 2. The summed E-state index contributed by atoms with van der Waals surface area (Å²) in [7, 11) is 0. The van der Waals surface area contributed by atoms with Gasteiger partial charge in [0, 0.05) is 12.6 Å². The van der Waals surface area contributed by atoms with Gasteiger partial charge in [-0.3, -0.25) is 14.4 Å². The molecule has 0 radical (unpaired) electrons. The van der Waals surface area contributed by atoms with Crippen LogP contribution in [0.15, 0.2) is 48.5 Å². The molecule has 0 saturated heterocycles. The molecule has 148 valence electrons. The average molecular weight is 390 g/mol. The third kappa shape index (κ3) is 6.46. The standard InChI is InChI=1S/C20H20F2N2O4/c1-13(14-5-3-2-4-6-14)24-18(25)12-28-19(26)9-10-23-20(27)16-8-7-15(21)11-17(16)22/h2-8,11,13H,9-10,12H2,1H3,(H,23,27)(H,24,25). The molecule has 0 spiro atoms. The van der Waals surface area contributed by atoms with Crippen molar-refractivity contribution >= 4 is 17.8 Å². The number of benzene rings is 2. The highest BCUT2D eigenvalue weighted by Gasteiger charge is 2.14. The summed E-state index contributed by atoms with van der Waals surface area (Å²) in [6.07, 6.45) is -0.198. The zero-order chi connectivity index (χ0) is 20.5. The molecule has 0 aliphatic rings. The Bertz CT molecular complexity index is 843. The molecule has 0 heterocycles. The van der Waals surface area contributed by atoms with Crippen LogP contribution < -0.4 is 10.6 Å². The van der Waals surface area contributed by atoms with Gasteiger partial charge in [-0.2, -0.15) is 0 Å². The number of halogens is 2. The van der Waals surface area contributed by atoms with Crippen molar-refractivity contribution in [1.29, 1.82) is 0 Å². The molecule has 0 aliphatic carbocycles. The lowest BCUT2D eigenvalue weighted by Gasteiger charge is -2.14. The quantitative estimate of drug-likeness (QED) is 0.679. The van der Waals surface area contributed by atoms with Crippen LogP contribution in [0.2, 0.25) is 0 Å². The highest BCUT2D eigenvalue weighted by molar-refractivity contribution is 5.94. The number of esters is 1. The minimum absolute atomic E-state index is 0.115.